The van der Waals surface area contributed by atoms with Crippen LogP contribution in [0.25, 0.3) is 0 Å². The Kier molecular flexibility index (Phi) is 4.95. The molecule has 144 valence electrons. The predicted octanol–water partition coefficient (Wildman–Crippen LogP) is 3.70. The SMILES string of the molecule is Cc1ccc2c(c1)C(=O)NCC1(CCC(N(C)Cc3csc(C)n3)CC1)O2. The normalized spacial score (nSPS) is 25.0. The van der Waals surface area contributed by atoms with E-state index in [1.807, 2.05) is 25.1 Å². The van der Waals surface area contributed by atoms with E-state index in [4.69, 9.17) is 4.74 Å². The molecule has 1 spiro atoms. The monoisotopic (exact) mass is 385 g/mol. The molecule has 0 unspecified atom stereocenters. The molecule has 2 heterocycles. The Hall–Kier alpha value is -1.92. The van der Waals surface area contributed by atoms with Crippen molar-refractivity contribution in [3.05, 3.63) is 45.4 Å². The maximum Gasteiger partial charge on any atom is 0.255 e. The van der Waals surface area contributed by atoms with E-state index in [1.54, 1.807) is 11.3 Å². The number of carbonyl (C=O) groups excluding carboxylic acids is 1. The number of fused-ring (bicyclic) bond motifs is 1. The number of benzene rings is 1. The summed E-state index contributed by atoms with van der Waals surface area (Å²) >= 11 is 1.71. The van der Waals surface area contributed by atoms with Gasteiger partial charge in [0.05, 0.1) is 22.8 Å². The quantitative estimate of drug-likeness (QED) is 0.875. The van der Waals surface area contributed by atoms with Gasteiger partial charge in [-0.1, -0.05) is 11.6 Å². The van der Waals surface area contributed by atoms with E-state index in [0.29, 0.717) is 18.2 Å². The lowest BCUT2D eigenvalue weighted by Crippen LogP contribution is -2.50. The van der Waals surface area contributed by atoms with Gasteiger partial charge in [-0.05, 0) is 58.7 Å². The summed E-state index contributed by atoms with van der Waals surface area (Å²) in [4.78, 5) is 19.5. The molecule has 0 atom stereocenters. The largest absolute Gasteiger partial charge is 0.485 e. The summed E-state index contributed by atoms with van der Waals surface area (Å²) in [5, 5.41) is 6.36. The van der Waals surface area contributed by atoms with Crippen molar-refractivity contribution in [1.29, 1.82) is 0 Å². The minimum Gasteiger partial charge on any atom is -0.485 e. The molecule has 1 amide bonds. The first kappa shape index (κ1) is 18.4. The van der Waals surface area contributed by atoms with Crippen LogP contribution in [-0.4, -0.2) is 41.0 Å². The summed E-state index contributed by atoms with van der Waals surface area (Å²) in [5.41, 5.74) is 2.60. The highest BCUT2D eigenvalue weighted by atomic mass is 32.1. The number of thiazole rings is 1. The van der Waals surface area contributed by atoms with Gasteiger partial charge in [-0.3, -0.25) is 9.69 Å². The average molecular weight is 386 g/mol. The van der Waals surface area contributed by atoms with Crippen LogP contribution in [0.1, 0.15) is 52.3 Å². The van der Waals surface area contributed by atoms with Gasteiger partial charge in [0, 0.05) is 18.0 Å². The van der Waals surface area contributed by atoms with Crippen molar-refractivity contribution >= 4 is 17.2 Å². The van der Waals surface area contributed by atoms with Crippen molar-refractivity contribution in [2.75, 3.05) is 13.6 Å². The Balaban J connectivity index is 1.43. The van der Waals surface area contributed by atoms with Crippen LogP contribution in [0.15, 0.2) is 23.6 Å². The minimum atomic E-state index is -0.287. The third kappa shape index (κ3) is 3.87. The molecule has 1 aromatic heterocycles. The molecule has 1 aliphatic heterocycles. The van der Waals surface area contributed by atoms with Gasteiger partial charge >= 0.3 is 0 Å². The van der Waals surface area contributed by atoms with E-state index in [0.717, 1.165) is 54.2 Å². The van der Waals surface area contributed by atoms with E-state index in [9.17, 15) is 4.79 Å². The number of rotatable bonds is 3. The Labute approximate surface area is 164 Å². The summed E-state index contributed by atoms with van der Waals surface area (Å²) in [7, 11) is 2.19. The lowest BCUT2D eigenvalue weighted by atomic mass is 9.81. The molecule has 2 aliphatic rings. The molecular formula is C21H27N3O2S. The standard InChI is InChI=1S/C21H27N3O2S/c1-14-4-5-19-18(10-14)20(25)22-13-21(26-19)8-6-17(7-9-21)24(3)11-16-12-27-15(2)23-16/h4-5,10,12,17H,6-9,11,13H2,1-3H3,(H,22,25). The molecule has 0 saturated heterocycles. The second kappa shape index (κ2) is 7.24. The van der Waals surface area contributed by atoms with Crippen LogP contribution in [0.3, 0.4) is 0 Å². The molecule has 0 radical (unpaired) electrons. The molecule has 5 nitrogen and oxygen atoms in total. The zero-order chi connectivity index (χ0) is 19.0. The maximum atomic E-state index is 12.5. The van der Waals surface area contributed by atoms with Gasteiger partial charge in [0.25, 0.3) is 5.91 Å². The number of ether oxygens (including phenoxy) is 1. The fourth-order valence-electron chi connectivity index (χ4n) is 4.23. The molecule has 4 rings (SSSR count). The zero-order valence-corrected chi connectivity index (χ0v) is 17.1. The van der Waals surface area contributed by atoms with Crippen LogP contribution in [0.2, 0.25) is 0 Å². The molecule has 1 saturated carbocycles. The number of nitrogens with one attached hydrogen (secondary N) is 1. The molecular weight excluding hydrogens is 358 g/mol. The summed E-state index contributed by atoms with van der Waals surface area (Å²) in [6, 6.07) is 6.40. The molecule has 1 N–H and O–H groups in total. The van der Waals surface area contributed by atoms with Crippen molar-refractivity contribution in [3.8, 4) is 5.75 Å². The first-order valence-electron chi connectivity index (χ1n) is 9.63. The zero-order valence-electron chi connectivity index (χ0n) is 16.2. The highest BCUT2D eigenvalue weighted by molar-refractivity contribution is 7.09. The van der Waals surface area contributed by atoms with Gasteiger partial charge in [-0.2, -0.15) is 0 Å². The lowest BCUT2D eigenvalue weighted by molar-refractivity contribution is 0.00869. The van der Waals surface area contributed by atoms with Crippen molar-refractivity contribution < 1.29 is 9.53 Å². The van der Waals surface area contributed by atoms with Crippen molar-refractivity contribution in [2.45, 2.75) is 57.7 Å². The Morgan fingerprint density at radius 1 is 1.33 bits per heavy atom. The fraction of sp³-hybridized carbons (Fsp3) is 0.524. The lowest BCUT2D eigenvalue weighted by Gasteiger charge is -2.42. The number of aromatic nitrogens is 1. The van der Waals surface area contributed by atoms with E-state index in [-0.39, 0.29) is 11.5 Å². The second-order valence-corrected chi connectivity index (χ2v) is 9.03. The van der Waals surface area contributed by atoms with E-state index in [2.05, 4.69) is 34.6 Å². The maximum absolute atomic E-state index is 12.5. The first-order chi connectivity index (χ1) is 12.9. The summed E-state index contributed by atoms with van der Waals surface area (Å²) in [6.07, 6.45) is 4.03. The molecule has 6 heteroatoms. The van der Waals surface area contributed by atoms with Gasteiger partial charge in [0.2, 0.25) is 0 Å². The Morgan fingerprint density at radius 3 is 2.81 bits per heavy atom. The van der Waals surface area contributed by atoms with Crippen LogP contribution in [0, 0.1) is 13.8 Å². The Bertz CT molecular complexity index is 840. The third-order valence-electron chi connectivity index (χ3n) is 5.84. The first-order valence-corrected chi connectivity index (χ1v) is 10.5. The van der Waals surface area contributed by atoms with Crippen molar-refractivity contribution in [1.82, 2.24) is 15.2 Å². The van der Waals surface area contributed by atoms with Gasteiger partial charge in [-0.25, -0.2) is 4.98 Å². The Morgan fingerprint density at radius 2 is 2.11 bits per heavy atom. The third-order valence-corrected chi connectivity index (χ3v) is 6.67. The summed E-state index contributed by atoms with van der Waals surface area (Å²) < 4.78 is 6.45. The number of aryl methyl sites for hydroxylation is 2. The van der Waals surface area contributed by atoms with Gasteiger partial charge in [0.1, 0.15) is 11.4 Å². The highest BCUT2D eigenvalue weighted by Gasteiger charge is 2.41. The molecule has 2 aromatic rings. The number of hydrogen-bond acceptors (Lipinski definition) is 5. The fourth-order valence-corrected chi connectivity index (χ4v) is 4.83. The highest BCUT2D eigenvalue weighted by Crippen LogP contribution is 2.37. The average Bonchev–Trinajstić information content (AvgIpc) is 3.01. The van der Waals surface area contributed by atoms with Crippen LogP contribution in [0.5, 0.6) is 5.75 Å². The molecule has 1 fully saturated rings. The second-order valence-electron chi connectivity index (χ2n) is 7.97. The van der Waals surface area contributed by atoms with E-state index < -0.39 is 0 Å². The molecule has 1 aromatic carbocycles. The van der Waals surface area contributed by atoms with Gasteiger partial charge in [-0.15, -0.1) is 11.3 Å². The van der Waals surface area contributed by atoms with Crippen LogP contribution in [-0.2, 0) is 6.54 Å². The van der Waals surface area contributed by atoms with Crippen LogP contribution in [0.4, 0.5) is 0 Å². The van der Waals surface area contributed by atoms with Crippen LogP contribution < -0.4 is 10.1 Å². The van der Waals surface area contributed by atoms with Crippen molar-refractivity contribution in [2.24, 2.45) is 0 Å². The van der Waals surface area contributed by atoms with Crippen molar-refractivity contribution in [3.63, 3.8) is 0 Å². The smallest absolute Gasteiger partial charge is 0.255 e. The van der Waals surface area contributed by atoms with E-state index >= 15 is 0 Å². The topological polar surface area (TPSA) is 54.5 Å². The number of hydrogen-bond donors (Lipinski definition) is 1. The van der Waals surface area contributed by atoms with Crippen LogP contribution >= 0.6 is 11.3 Å². The summed E-state index contributed by atoms with van der Waals surface area (Å²) in [5.74, 6) is 0.698. The summed E-state index contributed by atoms with van der Waals surface area (Å²) in [6.45, 7) is 5.53. The van der Waals surface area contributed by atoms with Gasteiger partial charge < -0.3 is 10.1 Å². The number of carbonyl (C=O) groups is 1. The predicted molar refractivity (Wildman–Crippen MR) is 107 cm³/mol. The van der Waals surface area contributed by atoms with Gasteiger partial charge in [0.15, 0.2) is 0 Å². The minimum absolute atomic E-state index is 0.0243. The number of amides is 1. The van der Waals surface area contributed by atoms with E-state index in [1.165, 1.54) is 0 Å². The molecule has 27 heavy (non-hydrogen) atoms. The molecule has 0 bridgehead atoms. The molecule has 1 aliphatic carbocycles. The number of nitrogens with zero attached hydrogens (tertiary/aromatic N) is 2.